The summed E-state index contributed by atoms with van der Waals surface area (Å²) in [6, 6.07) is 5.08. The molecule has 0 atom stereocenters. The van der Waals surface area contributed by atoms with Crippen molar-refractivity contribution >= 4 is 33.7 Å². The maximum atomic E-state index is 11.0. The fourth-order valence-electron chi connectivity index (χ4n) is 0.965. The quantitative estimate of drug-likeness (QED) is 0.501. The number of ether oxygens (including phenoxy) is 1. The topological polar surface area (TPSA) is 70.9 Å². The Morgan fingerprint density at radius 2 is 2.40 bits per heavy atom. The number of hydrogen-bond acceptors (Lipinski definition) is 4. The largest absolute Gasteiger partial charge is 0.495 e. The van der Waals surface area contributed by atoms with Crippen molar-refractivity contribution in [2.45, 2.75) is 0 Å². The number of halogens is 1. The first-order chi connectivity index (χ1) is 7.17. The molecule has 15 heavy (non-hydrogen) atoms. The second kappa shape index (κ2) is 5.35. The van der Waals surface area contributed by atoms with Gasteiger partial charge in [0, 0.05) is 11.8 Å². The van der Waals surface area contributed by atoms with Gasteiger partial charge in [-0.25, -0.2) is 0 Å². The molecule has 0 aliphatic heterocycles. The Labute approximate surface area is 94.9 Å². The van der Waals surface area contributed by atoms with Crippen molar-refractivity contribution in [3.63, 3.8) is 0 Å². The van der Waals surface area contributed by atoms with E-state index in [2.05, 4.69) is 26.4 Å². The molecule has 0 saturated carbocycles. The van der Waals surface area contributed by atoms with Crippen LogP contribution in [0.15, 0.2) is 27.8 Å². The molecule has 0 heterocycles. The van der Waals surface area contributed by atoms with Crippen molar-refractivity contribution in [2.75, 3.05) is 12.4 Å². The predicted molar refractivity (Wildman–Crippen MR) is 59.6 cm³/mol. The number of oxime groups is 1. The van der Waals surface area contributed by atoms with Gasteiger partial charge in [0.15, 0.2) is 0 Å². The van der Waals surface area contributed by atoms with Gasteiger partial charge in [0.05, 0.1) is 11.6 Å². The van der Waals surface area contributed by atoms with Crippen molar-refractivity contribution in [3.8, 4) is 5.75 Å². The Hall–Kier alpha value is -1.56. The lowest BCUT2D eigenvalue weighted by molar-refractivity contribution is -0.110. The van der Waals surface area contributed by atoms with Crippen LogP contribution >= 0.6 is 15.9 Å². The van der Waals surface area contributed by atoms with E-state index in [9.17, 15) is 4.79 Å². The summed E-state index contributed by atoms with van der Waals surface area (Å²) in [7, 11) is 1.53. The van der Waals surface area contributed by atoms with Crippen molar-refractivity contribution in [1.29, 1.82) is 0 Å². The van der Waals surface area contributed by atoms with E-state index in [1.165, 1.54) is 7.11 Å². The first-order valence-electron chi connectivity index (χ1n) is 3.99. The summed E-state index contributed by atoms with van der Waals surface area (Å²) in [5.74, 6) is 0.0932. The number of nitrogens with zero attached hydrogens (tertiary/aromatic N) is 1. The Kier molecular flexibility index (Phi) is 4.11. The van der Waals surface area contributed by atoms with Gasteiger partial charge in [-0.1, -0.05) is 5.16 Å². The molecule has 1 rings (SSSR count). The monoisotopic (exact) mass is 272 g/mol. The van der Waals surface area contributed by atoms with E-state index < -0.39 is 5.91 Å². The SMILES string of the molecule is COc1cc(NC(=O)C=NO)ccc1Br. The zero-order chi connectivity index (χ0) is 11.3. The van der Waals surface area contributed by atoms with Crippen LogP contribution in [-0.4, -0.2) is 24.4 Å². The lowest BCUT2D eigenvalue weighted by Gasteiger charge is -2.06. The number of benzene rings is 1. The molecule has 0 aliphatic carbocycles. The molecule has 0 unspecified atom stereocenters. The second-order valence-corrected chi connectivity index (χ2v) is 3.44. The minimum Gasteiger partial charge on any atom is -0.495 e. The zero-order valence-electron chi connectivity index (χ0n) is 7.90. The summed E-state index contributed by atoms with van der Waals surface area (Å²) >= 11 is 3.28. The summed E-state index contributed by atoms with van der Waals surface area (Å²) in [5.41, 5.74) is 0.556. The molecule has 0 aromatic heterocycles. The maximum Gasteiger partial charge on any atom is 0.270 e. The van der Waals surface area contributed by atoms with Crippen LogP contribution in [0.3, 0.4) is 0 Å². The van der Waals surface area contributed by atoms with Gasteiger partial charge < -0.3 is 15.3 Å². The lowest BCUT2D eigenvalue weighted by Crippen LogP contribution is -2.12. The number of rotatable bonds is 3. The number of carbonyl (C=O) groups excluding carboxylic acids is 1. The van der Waals surface area contributed by atoms with Crippen LogP contribution in [0.5, 0.6) is 5.75 Å². The van der Waals surface area contributed by atoms with Crippen LogP contribution in [0.4, 0.5) is 5.69 Å². The van der Waals surface area contributed by atoms with E-state index in [0.717, 1.165) is 10.7 Å². The van der Waals surface area contributed by atoms with Crippen molar-refractivity contribution in [3.05, 3.63) is 22.7 Å². The molecule has 0 spiro atoms. The van der Waals surface area contributed by atoms with E-state index in [-0.39, 0.29) is 0 Å². The number of anilines is 1. The summed E-state index contributed by atoms with van der Waals surface area (Å²) in [6.07, 6.45) is 0.772. The summed E-state index contributed by atoms with van der Waals surface area (Å²) in [5, 5.41) is 13.2. The number of methoxy groups -OCH3 is 1. The fraction of sp³-hybridized carbons (Fsp3) is 0.111. The molecule has 80 valence electrons. The number of amides is 1. The van der Waals surface area contributed by atoms with Crippen LogP contribution in [-0.2, 0) is 4.79 Å². The molecule has 2 N–H and O–H groups in total. The van der Waals surface area contributed by atoms with E-state index in [1.54, 1.807) is 18.2 Å². The first-order valence-corrected chi connectivity index (χ1v) is 4.78. The molecule has 1 amide bonds. The van der Waals surface area contributed by atoms with E-state index in [0.29, 0.717) is 11.4 Å². The van der Waals surface area contributed by atoms with Gasteiger partial charge in [0.25, 0.3) is 5.91 Å². The van der Waals surface area contributed by atoms with Crippen LogP contribution in [0.1, 0.15) is 0 Å². The average Bonchev–Trinajstić information content (AvgIpc) is 2.21. The van der Waals surface area contributed by atoms with Gasteiger partial charge in [0.2, 0.25) is 0 Å². The molecular weight excluding hydrogens is 264 g/mol. The minimum absolute atomic E-state index is 0.512. The normalized spacial score (nSPS) is 10.3. The highest BCUT2D eigenvalue weighted by Gasteiger charge is 2.03. The summed E-state index contributed by atoms with van der Waals surface area (Å²) in [6.45, 7) is 0. The molecule has 6 heteroatoms. The van der Waals surface area contributed by atoms with Crippen molar-refractivity contribution < 1.29 is 14.7 Å². The fourth-order valence-corrected chi connectivity index (χ4v) is 1.37. The second-order valence-electron chi connectivity index (χ2n) is 2.58. The maximum absolute atomic E-state index is 11.0. The van der Waals surface area contributed by atoms with Crippen LogP contribution < -0.4 is 10.1 Å². The highest BCUT2D eigenvalue weighted by molar-refractivity contribution is 9.10. The number of carbonyl (C=O) groups is 1. The summed E-state index contributed by atoms with van der Waals surface area (Å²) < 4.78 is 5.84. The predicted octanol–water partition coefficient (Wildman–Crippen LogP) is 1.86. The highest BCUT2D eigenvalue weighted by Crippen LogP contribution is 2.27. The van der Waals surface area contributed by atoms with Gasteiger partial charge in [0.1, 0.15) is 12.0 Å². The van der Waals surface area contributed by atoms with Gasteiger partial charge in [-0.15, -0.1) is 0 Å². The van der Waals surface area contributed by atoms with Gasteiger partial charge in [-0.05, 0) is 28.1 Å². The Morgan fingerprint density at radius 3 is 3.00 bits per heavy atom. The third-order valence-corrected chi connectivity index (χ3v) is 2.25. The van der Waals surface area contributed by atoms with E-state index in [4.69, 9.17) is 9.94 Å². The third-order valence-electron chi connectivity index (χ3n) is 1.59. The Morgan fingerprint density at radius 1 is 1.67 bits per heavy atom. The van der Waals surface area contributed by atoms with Crippen molar-refractivity contribution in [1.82, 2.24) is 0 Å². The molecule has 0 radical (unpaired) electrons. The van der Waals surface area contributed by atoms with Crippen molar-refractivity contribution in [2.24, 2.45) is 5.16 Å². The minimum atomic E-state index is -0.512. The molecule has 0 bridgehead atoms. The molecular formula is C9H9BrN2O3. The molecule has 0 saturated heterocycles. The standard InChI is InChI=1S/C9H9BrN2O3/c1-15-8-4-6(2-3-7(8)10)12-9(13)5-11-14/h2-5,14H,1H3,(H,12,13). The lowest BCUT2D eigenvalue weighted by atomic mass is 10.3. The Bertz CT molecular complexity index is 393. The van der Waals surface area contributed by atoms with Gasteiger partial charge in [-0.2, -0.15) is 0 Å². The zero-order valence-corrected chi connectivity index (χ0v) is 9.48. The molecule has 5 nitrogen and oxygen atoms in total. The van der Waals surface area contributed by atoms with Gasteiger partial charge >= 0.3 is 0 Å². The molecule has 0 aliphatic rings. The third kappa shape index (κ3) is 3.25. The van der Waals surface area contributed by atoms with Crippen LogP contribution in [0.25, 0.3) is 0 Å². The van der Waals surface area contributed by atoms with Gasteiger partial charge in [-0.3, -0.25) is 4.79 Å². The molecule has 1 aromatic rings. The average molecular weight is 273 g/mol. The van der Waals surface area contributed by atoms with E-state index in [1.807, 2.05) is 0 Å². The number of nitrogens with one attached hydrogen (secondary N) is 1. The Balaban J connectivity index is 2.83. The summed E-state index contributed by atoms with van der Waals surface area (Å²) in [4.78, 5) is 11.0. The highest BCUT2D eigenvalue weighted by atomic mass is 79.9. The number of hydrogen-bond donors (Lipinski definition) is 2. The van der Waals surface area contributed by atoms with E-state index >= 15 is 0 Å². The van der Waals surface area contributed by atoms with Crippen LogP contribution in [0.2, 0.25) is 0 Å². The molecule has 1 aromatic carbocycles. The smallest absolute Gasteiger partial charge is 0.270 e. The first kappa shape index (κ1) is 11.5. The van der Waals surface area contributed by atoms with Crippen LogP contribution in [0, 0.1) is 0 Å². The molecule has 0 fully saturated rings.